The number of halogens is 1. The Balaban J connectivity index is 2.00. The summed E-state index contributed by atoms with van der Waals surface area (Å²) in [6, 6.07) is 14.1. The highest BCUT2D eigenvalue weighted by Gasteiger charge is 2.61. The third kappa shape index (κ3) is 4.50. The topological polar surface area (TPSA) is 134 Å². The average molecular weight is 533 g/mol. The fourth-order valence-corrected chi connectivity index (χ4v) is 4.93. The maximum absolute atomic E-state index is 12.5. The molecule has 0 saturated heterocycles. The van der Waals surface area contributed by atoms with Crippen molar-refractivity contribution < 1.29 is 19.2 Å². The first-order chi connectivity index (χ1) is 16.9. The number of allylic oxidation sites excluding steroid dienone is 2. The molecule has 35 heavy (non-hydrogen) atoms. The van der Waals surface area contributed by atoms with Gasteiger partial charge in [-0.05, 0) is 49.4 Å². The van der Waals surface area contributed by atoms with Crippen molar-refractivity contribution in [1.82, 2.24) is 5.32 Å². The van der Waals surface area contributed by atoms with Gasteiger partial charge < -0.3 is 15.2 Å². The number of esters is 1. The molecule has 1 aromatic carbocycles. The van der Waals surface area contributed by atoms with Crippen LogP contribution in [0.2, 0.25) is 0 Å². The normalized spacial score (nSPS) is 23.3. The molecule has 1 aliphatic carbocycles. The molecule has 1 saturated carbocycles. The Kier molecular flexibility index (Phi) is 6.86. The summed E-state index contributed by atoms with van der Waals surface area (Å²) in [6.45, 7) is 1.95. The molecule has 2 aromatic rings. The van der Waals surface area contributed by atoms with Gasteiger partial charge in [-0.25, -0.2) is 4.79 Å². The quantitative estimate of drug-likeness (QED) is 0.226. The number of benzene rings is 1. The molecule has 0 spiro atoms. The van der Waals surface area contributed by atoms with Gasteiger partial charge in [-0.2, -0.15) is 15.1 Å². The molecule has 1 aromatic heterocycles. The molecule has 2 aliphatic rings. The Bertz CT molecular complexity index is 1330. The fourth-order valence-electron chi connectivity index (χ4n) is 4.66. The van der Waals surface area contributed by atoms with Crippen LogP contribution < -0.4 is 9.88 Å². The van der Waals surface area contributed by atoms with Crippen LogP contribution in [0.4, 0.5) is 0 Å². The minimum absolute atomic E-state index is 0.103. The fraction of sp³-hybridized carbons (Fsp3) is 0.308. The van der Waals surface area contributed by atoms with Gasteiger partial charge in [0.15, 0.2) is 12.4 Å². The van der Waals surface area contributed by atoms with Crippen molar-refractivity contribution in [2.75, 3.05) is 6.61 Å². The molecule has 3 atom stereocenters. The van der Waals surface area contributed by atoms with Gasteiger partial charge in [0.05, 0.1) is 29.9 Å². The molecule has 0 bridgehead atoms. The predicted molar refractivity (Wildman–Crippen MR) is 129 cm³/mol. The number of rotatable bonds is 6. The second-order valence-corrected chi connectivity index (χ2v) is 9.39. The molecule has 0 amide bonds. The van der Waals surface area contributed by atoms with Crippen LogP contribution in [-0.2, 0) is 4.74 Å². The van der Waals surface area contributed by atoms with E-state index in [1.807, 2.05) is 30.3 Å². The highest BCUT2D eigenvalue weighted by Crippen LogP contribution is 2.52. The molecular formula is C26H23BrN5O3+. The van der Waals surface area contributed by atoms with Crippen molar-refractivity contribution in [3.63, 3.8) is 0 Å². The molecule has 1 fully saturated rings. The number of hydrogen-bond acceptors (Lipinski definition) is 7. The molecule has 8 nitrogen and oxygen atoms in total. The Morgan fingerprint density at radius 3 is 2.60 bits per heavy atom. The maximum atomic E-state index is 12.5. The second-order valence-electron chi connectivity index (χ2n) is 8.47. The number of nitriles is 2. The Morgan fingerprint density at radius 2 is 2.03 bits per heavy atom. The SMILES string of the molecule is CCOC(=O)c1ccc[n+](C2C(c3ccc(Br)cc3)C(C#N)=C(C(=C=N)C#N)NC2(O)C2CC2)c1. The van der Waals surface area contributed by atoms with Crippen molar-refractivity contribution in [3.05, 3.63) is 81.2 Å². The summed E-state index contributed by atoms with van der Waals surface area (Å²) in [7, 11) is 0. The Labute approximate surface area is 211 Å². The van der Waals surface area contributed by atoms with Gasteiger partial charge in [0, 0.05) is 16.5 Å². The zero-order valence-corrected chi connectivity index (χ0v) is 20.5. The smallest absolute Gasteiger partial charge is 0.344 e. The van der Waals surface area contributed by atoms with E-state index in [1.165, 1.54) is 0 Å². The third-order valence-corrected chi connectivity index (χ3v) is 6.89. The Morgan fingerprint density at radius 1 is 1.31 bits per heavy atom. The van der Waals surface area contributed by atoms with E-state index in [9.17, 15) is 20.4 Å². The lowest BCUT2D eigenvalue weighted by atomic mass is 9.73. The number of aliphatic hydroxyl groups is 1. The first kappa shape index (κ1) is 24.4. The van der Waals surface area contributed by atoms with E-state index in [0.29, 0.717) is 5.56 Å². The molecule has 176 valence electrons. The summed E-state index contributed by atoms with van der Waals surface area (Å²) in [5.74, 6) is 0.766. The molecular weight excluding hydrogens is 510 g/mol. The van der Waals surface area contributed by atoms with Gasteiger partial charge in [0.1, 0.15) is 17.2 Å². The summed E-state index contributed by atoms with van der Waals surface area (Å²) < 4.78 is 7.74. The van der Waals surface area contributed by atoms with Gasteiger partial charge in [0.2, 0.25) is 11.8 Å². The first-order valence-corrected chi connectivity index (χ1v) is 12.0. The van der Waals surface area contributed by atoms with Crippen LogP contribution >= 0.6 is 15.9 Å². The number of carbonyl (C=O) groups excluding carboxylic acids is 1. The Hall–Kier alpha value is -3.75. The van der Waals surface area contributed by atoms with Crippen LogP contribution in [0, 0.1) is 34.0 Å². The van der Waals surface area contributed by atoms with Crippen molar-refractivity contribution >= 4 is 27.8 Å². The van der Waals surface area contributed by atoms with Gasteiger partial charge in [-0.15, -0.1) is 0 Å². The molecule has 9 heteroatoms. The molecule has 0 radical (unpaired) electrons. The van der Waals surface area contributed by atoms with E-state index >= 15 is 0 Å². The standard InChI is InChI=1S/C26H23BrN5O3/c1-2-35-25(33)17-4-3-11-32(15-17)24-22(16-5-9-20(27)10-6-16)21(14-30)23(18(12-28)13-29)31-26(24,34)19-7-8-19/h3-6,9-11,15,19,22,24,28,31,34H,2,7-8H2,1H3/q+1. The largest absolute Gasteiger partial charge is 0.462 e. The lowest BCUT2D eigenvalue weighted by molar-refractivity contribution is -0.742. The summed E-state index contributed by atoms with van der Waals surface area (Å²) in [4.78, 5) is 12.5. The zero-order valence-electron chi connectivity index (χ0n) is 19.0. The van der Waals surface area contributed by atoms with E-state index in [-0.39, 0.29) is 29.4 Å². The second kappa shape index (κ2) is 9.85. The monoisotopic (exact) mass is 532 g/mol. The van der Waals surface area contributed by atoms with Crippen LogP contribution in [-0.4, -0.2) is 29.3 Å². The van der Waals surface area contributed by atoms with Gasteiger partial charge >= 0.3 is 5.97 Å². The van der Waals surface area contributed by atoms with Gasteiger partial charge in [0.25, 0.3) is 0 Å². The van der Waals surface area contributed by atoms with Crippen LogP contribution in [0.1, 0.15) is 47.6 Å². The lowest BCUT2D eigenvalue weighted by Crippen LogP contribution is -2.66. The number of aromatic nitrogens is 1. The predicted octanol–water partition coefficient (Wildman–Crippen LogP) is 3.42. The molecule has 3 unspecified atom stereocenters. The number of hydrogen-bond donors (Lipinski definition) is 3. The van der Waals surface area contributed by atoms with E-state index in [1.54, 1.807) is 36.0 Å². The molecule has 4 rings (SSSR count). The van der Waals surface area contributed by atoms with Crippen molar-refractivity contribution in [2.24, 2.45) is 5.92 Å². The van der Waals surface area contributed by atoms with Gasteiger partial charge in [-0.1, -0.05) is 28.1 Å². The minimum Gasteiger partial charge on any atom is -0.462 e. The number of ether oxygens (including phenoxy) is 1. The van der Waals surface area contributed by atoms with Crippen molar-refractivity contribution in [2.45, 2.75) is 37.5 Å². The number of nitrogens with zero attached hydrogens (tertiary/aromatic N) is 3. The van der Waals surface area contributed by atoms with Crippen LogP contribution in [0.25, 0.3) is 0 Å². The number of carbonyl (C=O) groups is 1. The summed E-state index contributed by atoms with van der Waals surface area (Å²) in [5, 5.41) is 42.7. The highest BCUT2D eigenvalue weighted by atomic mass is 79.9. The lowest BCUT2D eigenvalue weighted by Gasteiger charge is -2.43. The maximum Gasteiger partial charge on any atom is 0.344 e. The van der Waals surface area contributed by atoms with Crippen LogP contribution in [0.3, 0.4) is 0 Å². The van der Waals surface area contributed by atoms with Crippen molar-refractivity contribution in [1.29, 1.82) is 15.9 Å². The first-order valence-electron chi connectivity index (χ1n) is 11.2. The number of pyridine rings is 1. The summed E-state index contributed by atoms with van der Waals surface area (Å²) >= 11 is 3.44. The highest BCUT2D eigenvalue weighted by molar-refractivity contribution is 9.10. The molecule has 2 heterocycles. The summed E-state index contributed by atoms with van der Waals surface area (Å²) in [5.41, 5.74) is -0.369. The minimum atomic E-state index is -1.57. The van der Waals surface area contributed by atoms with Crippen LogP contribution in [0.15, 0.2) is 70.1 Å². The van der Waals surface area contributed by atoms with E-state index in [2.05, 4.69) is 33.2 Å². The zero-order chi connectivity index (χ0) is 25.2. The number of nitrogens with one attached hydrogen (secondary N) is 2. The molecule has 1 aliphatic heterocycles. The summed E-state index contributed by atoms with van der Waals surface area (Å²) in [6.07, 6.45) is 4.85. The van der Waals surface area contributed by atoms with E-state index in [0.717, 1.165) is 22.9 Å². The van der Waals surface area contributed by atoms with Crippen LogP contribution in [0.5, 0.6) is 0 Å². The third-order valence-electron chi connectivity index (χ3n) is 6.36. The van der Waals surface area contributed by atoms with E-state index in [4.69, 9.17) is 10.1 Å². The average Bonchev–Trinajstić information content (AvgIpc) is 3.71. The van der Waals surface area contributed by atoms with Crippen molar-refractivity contribution in [3.8, 4) is 12.1 Å². The van der Waals surface area contributed by atoms with Gasteiger partial charge in [-0.3, -0.25) is 5.41 Å². The molecule has 3 N–H and O–H groups in total. The van der Waals surface area contributed by atoms with E-state index < -0.39 is 23.7 Å².